The Balaban J connectivity index is 1.93. The van der Waals surface area contributed by atoms with Gasteiger partial charge in [-0.25, -0.2) is 4.79 Å². The van der Waals surface area contributed by atoms with Crippen molar-refractivity contribution >= 4 is 5.97 Å². The standard InChI is InChI=1S/C18H15F3O4/c1-2-11-23-15-7-9-16(10-8-15)25-17(22)14-5-3-13(4-6-14)12-24-18(19,20)21/h2-10H,1,11-12H2. The number of rotatable bonds is 7. The van der Waals surface area contributed by atoms with Crippen molar-refractivity contribution in [3.05, 3.63) is 72.3 Å². The molecule has 132 valence electrons. The molecule has 0 saturated carbocycles. The molecule has 0 aliphatic rings. The molecule has 0 N–H and O–H groups in total. The Hall–Kier alpha value is -2.80. The molecule has 0 aliphatic carbocycles. The lowest BCUT2D eigenvalue weighted by atomic mass is 10.1. The first-order valence-corrected chi connectivity index (χ1v) is 7.23. The lowest BCUT2D eigenvalue weighted by molar-refractivity contribution is -0.330. The fourth-order valence-corrected chi connectivity index (χ4v) is 1.83. The summed E-state index contributed by atoms with van der Waals surface area (Å²) in [6, 6.07) is 11.9. The lowest BCUT2D eigenvalue weighted by Crippen LogP contribution is -2.13. The number of hydrogen-bond acceptors (Lipinski definition) is 4. The summed E-state index contributed by atoms with van der Waals surface area (Å²) in [5.41, 5.74) is 0.500. The molecule has 0 heterocycles. The zero-order valence-electron chi connectivity index (χ0n) is 13.1. The monoisotopic (exact) mass is 352 g/mol. The molecule has 0 aliphatic heterocycles. The van der Waals surface area contributed by atoms with Crippen LogP contribution in [0.25, 0.3) is 0 Å². The number of halogens is 3. The van der Waals surface area contributed by atoms with E-state index in [0.717, 1.165) is 0 Å². The zero-order chi connectivity index (χ0) is 18.3. The molecular weight excluding hydrogens is 337 g/mol. The Kier molecular flexibility index (Phi) is 6.19. The van der Waals surface area contributed by atoms with Crippen molar-refractivity contribution in [2.75, 3.05) is 6.61 Å². The van der Waals surface area contributed by atoms with Crippen molar-refractivity contribution in [1.82, 2.24) is 0 Å². The van der Waals surface area contributed by atoms with E-state index in [9.17, 15) is 18.0 Å². The third-order valence-corrected chi connectivity index (χ3v) is 2.99. The number of carbonyl (C=O) groups is 1. The number of benzene rings is 2. The van der Waals surface area contributed by atoms with E-state index in [-0.39, 0.29) is 11.1 Å². The average molecular weight is 352 g/mol. The molecule has 2 aromatic rings. The first-order chi connectivity index (χ1) is 11.9. The van der Waals surface area contributed by atoms with E-state index >= 15 is 0 Å². The van der Waals surface area contributed by atoms with Gasteiger partial charge in [0.2, 0.25) is 0 Å². The largest absolute Gasteiger partial charge is 0.522 e. The molecule has 2 rings (SSSR count). The number of alkyl halides is 3. The second-order valence-corrected chi connectivity index (χ2v) is 4.89. The first-order valence-electron chi connectivity index (χ1n) is 7.23. The van der Waals surface area contributed by atoms with Crippen LogP contribution in [0.4, 0.5) is 13.2 Å². The van der Waals surface area contributed by atoms with Crippen molar-refractivity contribution in [3.63, 3.8) is 0 Å². The summed E-state index contributed by atoms with van der Waals surface area (Å²) < 4.78 is 50.1. The van der Waals surface area contributed by atoms with Gasteiger partial charge in [-0.05, 0) is 42.0 Å². The molecule has 2 aromatic carbocycles. The van der Waals surface area contributed by atoms with Crippen molar-refractivity contribution in [3.8, 4) is 11.5 Å². The van der Waals surface area contributed by atoms with Gasteiger partial charge in [0, 0.05) is 0 Å². The summed E-state index contributed by atoms with van der Waals surface area (Å²) in [6.07, 6.45) is -3.09. The van der Waals surface area contributed by atoms with E-state index < -0.39 is 18.9 Å². The van der Waals surface area contributed by atoms with E-state index in [1.165, 1.54) is 24.3 Å². The summed E-state index contributed by atoms with van der Waals surface area (Å²) in [7, 11) is 0. The summed E-state index contributed by atoms with van der Waals surface area (Å²) in [5.74, 6) is 0.303. The summed E-state index contributed by atoms with van der Waals surface area (Å²) >= 11 is 0. The zero-order valence-corrected chi connectivity index (χ0v) is 13.1. The van der Waals surface area contributed by atoms with Crippen LogP contribution in [0.15, 0.2) is 61.2 Å². The fraction of sp³-hybridized carbons (Fsp3) is 0.167. The molecule has 0 radical (unpaired) electrons. The Morgan fingerprint density at radius 2 is 1.60 bits per heavy atom. The summed E-state index contributed by atoms with van der Waals surface area (Å²) in [4.78, 5) is 12.0. The molecule has 0 amide bonds. The lowest BCUT2D eigenvalue weighted by Gasteiger charge is -2.08. The van der Waals surface area contributed by atoms with Gasteiger partial charge in [-0.3, -0.25) is 4.74 Å². The van der Waals surface area contributed by atoms with Crippen LogP contribution in [0.2, 0.25) is 0 Å². The molecule has 0 fully saturated rings. The Bertz CT molecular complexity index is 707. The maximum absolute atomic E-state index is 12.0. The molecule has 4 nitrogen and oxygen atoms in total. The predicted octanol–water partition coefficient (Wildman–Crippen LogP) is 4.51. The number of carbonyl (C=O) groups excluding carboxylic acids is 1. The van der Waals surface area contributed by atoms with E-state index in [1.807, 2.05) is 0 Å². The third-order valence-electron chi connectivity index (χ3n) is 2.99. The Morgan fingerprint density at radius 1 is 1.00 bits per heavy atom. The highest BCUT2D eigenvalue weighted by atomic mass is 19.4. The van der Waals surface area contributed by atoms with E-state index in [2.05, 4.69) is 11.3 Å². The van der Waals surface area contributed by atoms with Crippen LogP contribution in [-0.2, 0) is 11.3 Å². The van der Waals surface area contributed by atoms with Crippen molar-refractivity contribution < 1.29 is 32.2 Å². The number of hydrogen-bond donors (Lipinski definition) is 0. The highest BCUT2D eigenvalue weighted by molar-refractivity contribution is 5.91. The van der Waals surface area contributed by atoms with Crippen molar-refractivity contribution in [1.29, 1.82) is 0 Å². The minimum absolute atomic E-state index is 0.211. The van der Waals surface area contributed by atoms with Crippen LogP contribution in [0.5, 0.6) is 11.5 Å². The van der Waals surface area contributed by atoms with Gasteiger partial charge in [0.15, 0.2) is 0 Å². The second-order valence-electron chi connectivity index (χ2n) is 4.89. The topological polar surface area (TPSA) is 44.8 Å². The Labute approximate surface area is 142 Å². The molecule has 0 saturated heterocycles. The van der Waals surface area contributed by atoms with Crippen LogP contribution < -0.4 is 9.47 Å². The minimum atomic E-state index is -4.70. The van der Waals surface area contributed by atoms with Crippen molar-refractivity contribution in [2.24, 2.45) is 0 Å². The fourth-order valence-electron chi connectivity index (χ4n) is 1.83. The van der Waals surface area contributed by atoms with Crippen LogP contribution in [0, 0.1) is 0 Å². The van der Waals surface area contributed by atoms with E-state index in [1.54, 1.807) is 30.3 Å². The normalized spacial score (nSPS) is 11.0. The van der Waals surface area contributed by atoms with Crippen LogP contribution in [-0.4, -0.2) is 18.9 Å². The predicted molar refractivity (Wildman–Crippen MR) is 84.4 cm³/mol. The maximum Gasteiger partial charge on any atom is 0.522 e. The van der Waals surface area contributed by atoms with E-state index in [0.29, 0.717) is 18.1 Å². The first kappa shape index (κ1) is 18.5. The highest BCUT2D eigenvalue weighted by Gasteiger charge is 2.28. The highest BCUT2D eigenvalue weighted by Crippen LogP contribution is 2.20. The quantitative estimate of drug-likeness (QED) is 0.418. The molecule has 0 aromatic heterocycles. The number of esters is 1. The SMILES string of the molecule is C=CCOc1ccc(OC(=O)c2ccc(COC(F)(F)F)cc2)cc1. The second kappa shape index (κ2) is 8.34. The average Bonchev–Trinajstić information content (AvgIpc) is 2.59. The molecule has 0 atom stereocenters. The molecule has 0 spiro atoms. The van der Waals surface area contributed by atoms with Gasteiger partial charge in [-0.1, -0.05) is 24.8 Å². The van der Waals surface area contributed by atoms with Gasteiger partial charge in [-0.15, -0.1) is 13.2 Å². The van der Waals surface area contributed by atoms with Gasteiger partial charge in [-0.2, -0.15) is 0 Å². The maximum atomic E-state index is 12.0. The minimum Gasteiger partial charge on any atom is -0.490 e. The molecular formula is C18H15F3O4. The third kappa shape index (κ3) is 6.31. The van der Waals surface area contributed by atoms with Gasteiger partial charge in [0.1, 0.15) is 18.1 Å². The van der Waals surface area contributed by atoms with Crippen LogP contribution in [0.3, 0.4) is 0 Å². The van der Waals surface area contributed by atoms with Gasteiger partial charge in [0.05, 0.1) is 12.2 Å². The van der Waals surface area contributed by atoms with Crippen LogP contribution >= 0.6 is 0 Å². The molecule has 7 heteroatoms. The number of ether oxygens (including phenoxy) is 3. The Morgan fingerprint density at radius 3 is 2.16 bits per heavy atom. The molecule has 25 heavy (non-hydrogen) atoms. The van der Waals surface area contributed by atoms with Crippen LogP contribution in [0.1, 0.15) is 15.9 Å². The van der Waals surface area contributed by atoms with Gasteiger partial charge in [0.25, 0.3) is 0 Å². The van der Waals surface area contributed by atoms with Crippen molar-refractivity contribution in [2.45, 2.75) is 13.0 Å². The molecule has 0 unspecified atom stereocenters. The van der Waals surface area contributed by atoms with Gasteiger partial charge < -0.3 is 9.47 Å². The van der Waals surface area contributed by atoms with Gasteiger partial charge >= 0.3 is 12.3 Å². The summed E-state index contributed by atoms with van der Waals surface area (Å²) in [5, 5.41) is 0. The molecule has 0 bridgehead atoms. The van der Waals surface area contributed by atoms with E-state index in [4.69, 9.17) is 9.47 Å². The summed E-state index contributed by atoms with van der Waals surface area (Å²) in [6.45, 7) is 3.28. The smallest absolute Gasteiger partial charge is 0.490 e.